The Morgan fingerprint density at radius 3 is 2.67 bits per heavy atom. The van der Waals surface area contributed by atoms with Gasteiger partial charge in [0.15, 0.2) is 0 Å². The summed E-state index contributed by atoms with van der Waals surface area (Å²) in [6.45, 7) is 3.60. The molecule has 130 valence electrons. The van der Waals surface area contributed by atoms with Crippen LogP contribution in [0.25, 0.3) is 0 Å². The summed E-state index contributed by atoms with van der Waals surface area (Å²) in [6.07, 6.45) is 5.92. The van der Waals surface area contributed by atoms with E-state index < -0.39 is 0 Å². The standard InChI is InChI=1S/C18H25ClN4O/c1-21-11-8-20-18(21)14-23(12-13-24)15-6-9-22(10-7-15)17-5-3-2-4-16(17)19/h2-5,8,11,15,24H,6-7,9-10,12-14H2,1H3. The number of benzene rings is 1. The van der Waals surface area contributed by atoms with Gasteiger partial charge < -0.3 is 14.6 Å². The van der Waals surface area contributed by atoms with E-state index in [1.165, 1.54) is 0 Å². The van der Waals surface area contributed by atoms with Crippen molar-refractivity contribution in [2.24, 2.45) is 7.05 Å². The fraction of sp³-hybridized carbons (Fsp3) is 0.500. The second-order valence-electron chi connectivity index (χ2n) is 6.32. The third kappa shape index (κ3) is 3.91. The molecule has 0 radical (unpaired) electrons. The third-order valence-electron chi connectivity index (χ3n) is 4.83. The predicted octanol–water partition coefficient (Wildman–Crippen LogP) is 2.54. The van der Waals surface area contributed by atoms with Crippen LogP contribution in [0, 0.1) is 0 Å². The highest BCUT2D eigenvalue weighted by Gasteiger charge is 2.26. The highest BCUT2D eigenvalue weighted by molar-refractivity contribution is 6.33. The second kappa shape index (κ2) is 8.01. The molecule has 1 aromatic carbocycles. The molecule has 1 fully saturated rings. The Kier molecular flexibility index (Phi) is 5.76. The Balaban J connectivity index is 1.63. The summed E-state index contributed by atoms with van der Waals surface area (Å²) in [5.41, 5.74) is 1.12. The minimum absolute atomic E-state index is 0.176. The molecular formula is C18H25ClN4O. The van der Waals surface area contributed by atoms with Crippen molar-refractivity contribution < 1.29 is 5.11 Å². The molecule has 5 nitrogen and oxygen atoms in total. The molecule has 1 aliphatic rings. The molecule has 3 rings (SSSR count). The molecule has 0 bridgehead atoms. The SMILES string of the molecule is Cn1ccnc1CN(CCO)C1CCN(c2ccccc2Cl)CC1. The highest BCUT2D eigenvalue weighted by atomic mass is 35.5. The van der Waals surface area contributed by atoms with E-state index in [2.05, 4.69) is 20.9 Å². The summed E-state index contributed by atoms with van der Waals surface area (Å²) in [5.74, 6) is 1.04. The van der Waals surface area contributed by atoms with Crippen LogP contribution < -0.4 is 4.90 Å². The van der Waals surface area contributed by atoms with Gasteiger partial charge in [-0.2, -0.15) is 0 Å². The molecule has 0 atom stereocenters. The van der Waals surface area contributed by atoms with Gasteiger partial charge in [0, 0.05) is 45.1 Å². The lowest BCUT2D eigenvalue weighted by Gasteiger charge is -2.39. The molecule has 2 aromatic rings. The van der Waals surface area contributed by atoms with Crippen LogP contribution in [0.15, 0.2) is 36.7 Å². The van der Waals surface area contributed by atoms with E-state index in [0.717, 1.165) is 49.0 Å². The van der Waals surface area contributed by atoms with Crippen LogP contribution in [0.2, 0.25) is 5.02 Å². The maximum Gasteiger partial charge on any atom is 0.122 e. The number of aryl methyl sites for hydroxylation is 1. The van der Waals surface area contributed by atoms with E-state index in [-0.39, 0.29) is 6.61 Å². The molecular weight excluding hydrogens is 324 g/mol. The quantitative estimate of drug-likeness (QED) is 0.871. The summed E-state index contributed by atoms with van der Waals surface area (Å²) in [7, 11) is 2.01. The number of imidazole rings is 1. The zero-order valence-corrected chi connectivity index (χ0v) is 14.9. The molecule has 1 saturated heterocycles. The average Bonchev–Trinajstić information content (AvgIpc) is 3.00. The van der Waals surface area contributed by atoms with E-state index in [9.17, 15) is 5.11 Å². The molecule has 1 aromatic heterocycles. The maximum absolute atomic E-state index is 9.43. The number of hydrogen-bond donors (Lipinski definition) is 1. The number of rotatable bonds is 6. The minimum atomic E-state index is 0.176. The van der Waals surface area contributed by atoms with Gasteiger partial charge in [0.05, 0.1) is 23.9 Å². The van der Waals surface area contributed by atoms with Gasteiger partial charge in [-0.15, -0.1) is 0 Å². The Hall–Kier alpha value is -1.56. The monoisotopic (exact) mass is 348 g/mol. The van der Waals surface area contributed by atoms with E-state index in [1.54, 1.807) is 0 Å². The Morgan fingerprint density at radius 2 is 2.04 bits per heavy atom. The van der Waals surface area contributed by atoms with Crippen LogP contribution >= 0.6 is 11.6 Å². The van der Waals surface area contributed by atoms with Gasteiger partial charge in [-0.3, -0.25) is 4.90 Å². The summed E-state index contributed by atoms with van der Waals surface area (Å²) >= 11 is 6.32. The summed E-state index contributed by atoms with van der Waals surface area (Å²) in [6, 6.07) is 8.50. The van der Waals surface area contributed by atoms with Crippen molar-refractivity contribution in [3.8, 4) is 0 Å². The number of para-hydroxylation sites is 1. The van der Waals surface area contributed by atoms with Crippen LogP contribution in [0.1, 0.15) is 18.7 Å². The Bertz CT molecular complexity index is 652. The van der Waals surface area contributed by atoms with Crippen LogP contribution in [0.3, 0.4) is 0 Å². The van der Waals surface area contributed by atoms with Crippen LogP contribution in [0.4, 0.5) is 5.69 Å². The number of piperidine rings is 1. The van der Waals surface area contributed by atoms with Crippen LogP contribution in [-0.2, 0) is 13.6 Å². The van der Waals surface area contributed by atoms with Crippen molar-refractivity contribution in [3.05, 3.63) is 47.5 Å². The van der Waals surface area contributed by atoms with Gasteiger partial charge in [0.25, 0.3) is 0 Å². The first-order chi connectivity index (χ1) is 11.7. The molecule has 0 saturated carbocycles. The van der Waals surface area contributed by atoms with Gasteiger partial charge in [-0.25, -0.2) is 4.98 Å². The van der Waals surface area contributed by atoms with E-state index in [1.807, 2.05) is 42.2 Å². The molecule has 0 aliphatic carbocycles. The first-order valence-corrected chi connectivity index (χ1v) is 8.87. The third-order valence-corrected chi connectivity index (χ3v) is 5.15. The van der Waals surface area contributed by atoms with E-state index in [4.69, 9.17) is 11.6 Å². The number of anilines is 1. The van der Waals surface area contributed by atoms with Crippen molar-refractivity contribution >= 4 is 17.3 Å². The number of aliphatic hydroxyl groups excluding tert-OH is 1. The zero-order chi connectivity index (χ0) is 16.9. The van der Waals surface area contributed by atoms with Crippen molar-refractivity contribution in [2.75, 3.05) is 31.1 Å². The summed E-state index contributed by atoms with van der Waals surface area (Å²) in [4.78, 5) is 9.13. The lowest BCUT2D eigenvalue weighted by Crippen LogP contribution is -2.46. The molecule has 0 unspecified atom stereocenters. The lowest BCUT2D eigenvalue weighted by atomic mass is 10.0. The van der Waals surface area contributed by atoms with Gasteiger partial charge in [-0.05, 0) is 25.0 Å². The smallest absolute Gasteiger partial charge is 0.122 e. The highest BCUT2D eigenvalue weighted by Crippen LogP contribution is 2.29. The van der Waals surface area contributed by atoms with Crippen LogP contribution in [0.5, 0.6) is 0 Å². The molecule has 24 heavy (non-hydrogen) atoms. The lowest BCUT2D eigenvalue weighted by molar-refractivity contribution is 0.122. The van der Waals surface area contributed by atoms with Crippen molar-refractivity contribution in [1.29, 1.82) is 0 Å². The largest absolute Gasteiger partial charge is 0.395 e. The van der Waals surface area contributed by atoms with Crippen molar-refractivity contribution in [3.63, 3.8) is 0 Å². The Labute approximate surface area is 148 Å². The van der Waals surface area contributed by atoms with E-state index in [0.29, 0.717) is 12.6 Å². The van der Waals surface area contributed by atoms with Crippen molar-refractivity contribution in [2.45, 2.75) is 25.4 Å². The average molecular weight is 349 g/mol. The fourth-order valence-corrected chi connectivity index (χ4v) is 3.69. The minimum Gasteiger partial charge on any atom is -0.395 e. The molecule has 2 heterocycles. The normalized spacial score (nSPS) is 16.1. The summed E-state index contributed by atoms with van der Waals surface area (Å²) in [5, 5.41) is 10.3. The number of aromatic nitrogens is 2. The van der Waals surface area contributed by atoms with Crippen LogP contribution in [-0.4, -0.2) is 51.8 Å². The molecule has 1 N–H and O–H groups in total. The van der Waals surface area contributed by atoms with Gasteiger partial charge in [0.2, 0.25) is 0 Å². The molecule has 1 aliphatic heterocycles. The number of halogens is 1. The zero-order valence-electron chi connectivity index (χ0n) is 14.1. The van der Waals surface area contributed by atoms with Gasteiger partial charge in [0.1, 0.15) is 5.82 Å². The molecule has 0 amide bonds. The molecule has 0 spiro atoms. The number of aliphatic hydroxyl groups is 1. The first-order valence-electron chi connectivity index (χ1n) is 8.49. The predicted molar refractivity (Wildman–Crippen MR) is 97.4 cm³/mol. The molecule has 6 heteroatoms. The summed E-state index contributed by atoms with van der Waals surface area (Å²) < 4.78 is 2.04. The Morgan fingerprint density at radius 1 is 1.29 bits per heavy atom. The second-order valence-corrected chi connectivity index (χ2v) is 6.73. The van der Waals surface area contributed by atoms with Gasteiger partial charge >= 0.3 is 0 Å². The number of nitrogens with zero attached hydrogens (tertiary/aromatic N) is 4. The maximum atomic E-state index is 9.43. The number of hydrogen-bond acceptors (Lipinski definition) is 4. The topological polar surface area (TPSA) is 44.5 Å². The van der Waals surface area contributed by atoms with Gasteiger partial charge in [-0.1, -0.05) is 23.7 Å². The van der Waals surface area contributed by atoms with E-state index >= 15 is 0 Å². The first kappa shape index (κ1) is 17.3. The fourth-order valence-electron chi connectivity index (χ4n) is 3.43. The van der Waals surface area contributed by atoms with Crippen molar-refractivity contribution in [1.82, 2.24) is 14.5 Å².